The molecule has 1 aliphatic carbocycles. The van der Waals surface area contributed by atoms with Gasteiger partial charge in [-0.3, -0.25) is 9.58 Å². The topological polar surface area (TPSA) is 59.8 Å². The van der Waals surface area contributed by atoms with E-state index in [1.54, 1.807) is 4.68 Å². The number of aryl methyl sites for hydroxylation is 2. The van der Waals surface area contributed by atoms with Gasteiger partial charge < -0.3 is 14.6 Å². The van der Waals surface area contributed by atoms with E-state index in [4.69, 9.17) is 26.2 Å². The molecular weight excluding hydrogens is 342 g/mol. The fourth-order valence-corrected chi connectivity index (χ4v) is 4.77. The van der Waals surface area contributed by atoms with Crippen molar-refractivity contribution in [3.63, 3.8) is 0 Å². The van der Waals surface area contributed by atoms with Gasteiger partial charge in [-0.2, -0.15) is 5.10 Å². The van der Waals surface area contributed by atoms with Crippen molar-refractivity contribution in [3.8, 4) is 0 Å². The zero-order valence-electron chi connectivity index (χ0n) is 15.5. The number of aliphatic hydroxyl groups is 1. The molecule has 1 saturated carbocycles. The Morgan fingerprint density at radius 2 is 2.20 bits per heavy atom. The molecule has 3 atom stereocenters. The van der Waals surface area contributed by atoms with Gasteiger partial charge in [-0.25, -0.2) is 0 Å². The first-order valence-corrected chi connectivity index (χ1v) is 9.64. The molecule has 1 N–H and O–H groups in total. The lowest BCUT2D eigenvalue weighted by molar-refractivity contribution is -0.104. The molecule has 142 valence electrons. The lowest BCUT2D eigenvalue weighted by Crippen LogP contribution is -2.51. The van der Waals surface area contributed by atoms with Crippen LogP contribution in [0.5, 0.6) is 0 Å². The third-order valence-electron chi connectivity index (χ3n) is 5.95. The normalized spacial score (nSPS) is 30.0. The number of aliphatic hydroxyl groups excluding tert-OH is 1. The van der Waals surface area contributed by atoms with E-state index in [1.807, 2.05) is 14.2 Å². The van der Waals surface area contributed by atoms with Gasteiger partial charge in [0.15, 0.2) is 0 Å². The van der Waals surface area contributed by atoms with Crippen molar-refractivity contribution in [2.45, 2.75) is 63.3 Å². The van der Waals surface area contributed by atoms with Crippen LogP contribution < -0.4 is 0 Å². The highest BCUT2D eigenvalue weighted by Crippen LogP contribution is 2.44. The minimum Gasteiger partial charge on any atom is -0.394 e. The highest BCUT2D eigenvalue weighted by Gasteiger charge is 2.51. The van der Waals surface area contributed by atoms with Gasteiger partial charge in [0, 0.05) is 38.9 Å². The Kier molecular flexibility index (Phi) is 6.06. The Hall–Kier alpha value is -0.660. The number of rotatable bonds is 7. The molecule has 0 radical (unpaired) electrons. The van der Waals surface area contributed by atoms with Gasteiger partial charge in [-0.1, -0.05) is 18.5 Å². The summed E-state index contributed by atoms with van der Waals surface area (Å²) in [5.74, 6) is 0. The van der Waals surface area contributed by atoms with E-state index in [0.717, 1.165) is 61.6 Å². The lowest BCUT2D eigenvalue weighted by Gasteiger charge is -2.43. The second-order valence-electron chi connectivity index (χ2n) is 7.19. The van der Waals surface area contributed by atoms with Gasteiger partial charge >= 0.3 is 0 Å². The van der Waals surface area contributed by atoms with Crippen LogP contribution in [-0.2, 0) is 29.5 Å². The third kappa shape index (κ3) is 3.60. The van der Waals surface area contributed by atoms with Gasteiger partial charge in [0.25, 0.3) is 0 Å². The molecule has 2 fully saturated rings. The molecule has 1 aromatic rings. The van der Waals surface area contributed by atoms with Crippen LogP contribution in [0.4, 0.5) is 0 Å². The van der Waals surface area contributed by atoms with Crippen LogP contribution in [0, 0.1) is 0 Å². The van der Waals surface area contributed by atoms with E-state index in [9.17, 15) is 0 Å². The fraction of sp³-hybridized carbons (Fsp3) is 0.833. The lowest BCUT2D eigenvalue weighted by atomic mass is 9.79. The second kappa shape index (κ2) is 7.92. The van der Waals surface area contributed by atoms with E-state index in [0.29, 0.717) is 12.6 Å². The van der Waals surface area contributed by atoms with Crippen molar-refractivity contribution < 1.29 is 14.6 Å². The smallest absolute Gasteiger partial charge is 0.131 e. The standard InChI is InChI=1S/C18H30ClN3O3/c1-4-15-14(17(19)21(2)20-15)12-22-8-7-18(24-3)6-5-13(11-16(18)22)25-10-9-23/h13,16,23H,4-12H2,1-3H3/t13-,16-,18+/m0/s1. The van der Waals surface area contributed by atoms with E-state index in [1.165, 1.54) is 0 Å². The first kappa shape index (κ1) is 19.1. The van der Waals surface area contributed by atoms with Crippen molar-refractivity contribution in [3.05, 3.63) is 16.4 Å². The molecule has 2 heterocycles. The largest absolute Gasteiger partial charge is 0.394 e. The van der Waals surface area contributed by atoms with E-state index in [-0.39, 0.29) is 18.3 Å². The molecule has 0 aromatic carbocycles. The molecule has 0 bridgehead atoms. The molecule has 0 amide bonds. The molecule has 2 aliphatic rings. The number of ether oxygens (including phenoxy) is 2. The van der Waals surface area contributed by atoms with Crippen molar-refractivity contribution in [2.75, 3.05) is 26.9 Å². The predicted octanol–water partition coefficient (Wildman–Crippen LogP) is 2.16. The molecule has 25 heavy (non-hydrogen) atoms. The van der Waals surface area contributed by atoms with Gasteiger partial charge in [-0.15, -0.1) is 0 Å². The number of methoxy groups -OCH3 is 1. The SMILES string of the molecule is CCc1nn(C)c(Cl)c1CN1CC[C@]2(OC)CC[C@H](OCCO)C[C@H]12. The molecule has 3 rings (SSSR count). The van der Waals surface area contributed by atoms with Crippen LogP contribution in [0.25, 0.3) is 0 Å². The monoisotopic (exact) mass is 371 g/mol. The molecule has 6 nitrogen and oxygen atoms in total. The summed E-state index contributed by atoms with van der Waals surface area (Å²) in [6.07, 6.45) is 5.05. The average molecular weight is 372 g/mol. The summed E-state index contributed by atoms with van der Waals surface area (Å²) in [7, 11) is 3.73. The van der Waals surface area contributed by atoms with Crippen LogP contribution in [0.2, 0.25) is 5.15 Å². The molecule has 0 spiro atoms. The first-order valence-electron chi connectivity index (χ1n) is 9.26. The van der Waals surface area contributed by atoms with Crippen molar-refractivity contribution in [2.24, 2.45) is 7.05 Å². The zero-order valence-corrected chi connectivity index (χ0v) is 16.3. The first-order chi connectivity index (χ1) is 12.0. The van der Waals surface area contributed by atoms with Crippen LogP contribution in [0.3, 0.4) is 0 Å². The molecule has 7 heteroatoms. The number of aromatic nitrogens is 2. The van der Waals surface area contributed by atoms with Crippen LogP contribution in [0.1, 0.15) is 43.9 Å². The van der Waals surface area contributed by atoms with E-state index < -0.39 is 0 Å². The number of halogens is 1. The predicted molar refractivity (Wildman–Crippen MR) is 96.8 cm³/mol. The zero-order chi connectivity index (χ0) is 18.0. The maximum Gasteiger partial charge on any atom is 0.131 e. The summed E-state index contributed by atoms with van der Waals surface area (Å²) in [6, 6.07) is 0.316. The van der Waals surface area contributed by atoms with Gasteiger partial charge in [0.2, 0.25) is 0 Å². The van der Waals surface area contributed by atoms with E-state index in [2.05, 4.69) is 16.9 Å². The highest BCUT2D eigenvalue weighted by atomic mass is 35.5. The maximum atomic E-state index is 9.03. The Bertz CT molecular complexity index is 594. The Morgan fingerprint density at radius 1 is 1.40 bits per heavy atom. The quantitative estimate of drug-likeness (QED) is 0.795. The summed E-state index contributed by atoms with van der Waals surface area (Å²) in [6.45, 7) is 4.40. The number of hydrogen-bond donors (Lipinski definition) is 1. The van der Waals surface area contributed by atoms with Gasteiger partial charge in [-0.05, 0) is 32.1 Å². The Labute approximate surface area is 155 Å². The highest BCUT2D eigenvalue weighted by molar-refractivity contribution is 6.30. The maximum absolute atomic E-state index is 9.03. The summed E-state index contributed by atoms with van der Waals surface area (Å²) < 4.78 is 13.6. The molecular formula is C18H30ClN3O3. The third-order valence-corrected chi connectivity index (χ3v) is 6.42. The molecule has 1 aromatic heterocycles. The summed E-state index contributed by atoms with van der Waals surface area (Å²) in [5.41, 5.74) is 2.13. The minimum absolute atomic E-state index is 0.0749. The molecule has 1 saturated heterocycles. The van der Waals surface area contributed by atoms with Gasteiger partial charge in [0.05, 0.1) is 30.6 Å². The summed E-state index contributed by atoms with van der Waals surface area (Å²) >= 11 is 6.50. The Balaban J connectivity index is 1.78. The molecule has 0 unspecified atom stereocenters. The van der Waals surface area contributed by atoms with Crippen molar-refractivity contribution in [1.29, 1.82) is 0 Å². The van der Waals surface area contributed by atoms with Crippen LogP contribution >= 0.6 is 11.6 Å². The summed E-state index contributed by atoms with van der Waals surface area (Å²) in [5, 5.41) is 14.3. The minimum atomic E-state index is -0.0832. The Morgan fingerprint density at radius 3 is 2.88 bits per heavy atom. The number of likely N-dealkylation sites (tertiary alicyclic amines) is 1. The molecule has 1 aliphatic heterocycles. The van der Waals surface area contributed by atoms with E-state index >= 15 is 0 Å². The average Bonchev–Trinajstić information content (AvgIpc) is 3.12. The van der Waals surface area contributed by atoms with Crippen LogP contribution in [-0.4, -0.2) is 64.4 Å². The number of fused-ring (bicyclic) bond motifs is 1. The van der Waals surface area contributed by atoms with Crippen molar-refractivity contribution >= 4 is 11.6 Å². The van der Waals surface area contributed by atoms with Gasteiger partial charge in [0.1, 0.15) is 5.15 Å². The fourth-order valence-electron chi connectivity index (χ4n) is 4.56. The van der Waals surface area contributed by atoms with Crippen molar-refractivity contribution in [1.82, 2.24) is 14.7 Å². The summed E-state index contributed by atoms with van der Waals surface area (Å²) in [4.78, 5) is 2.49. The number of nitrogens with zero attached hydrogens (tertiary/aromatic N) is 3. The second-order valence-corrected chi connectivity index (χ2v) is 7.55. The van der Waals surface area contributed by atoms with Crippen LogP contribution in [0.15, 0.2) is 0 Å². The number of hydrogen-bond acceptors (Lipinski definition) is 5.